The Morgan fingerprint density at radius 1 is 1.28 bits per heavy atom. The lowest BCUT2D eigenvalue weighted by atomic mass is 9.86. The Balaban J connectivity index is 1.71. The van der Waals surface area contributed by atoms with E-state index in [0.717, 1.165) is 0 Å². The van der Waals surface area contributed by atoms with Gasteiger partial charge >= 0.3 is 0 Å². The van der Waals surface area contributed by atoms with Crippen molar-refractivity contribution < 1.29 is 23.6 Å². The topological polar surface area (TPSA) is 105 Å². The van der Waals surface area contributed by atoms with Crippen molar-refractivity contribution in [2.24, 2.45) is 5.92 Å². The summed E-state index contributed by atoms with van der Waals surface area (Å²) in [5, 5.41) is 7.09. The predicted molar refractivity (Wildman–Crippen MR) is 116 cm³/mol. The molecule has 170 valence electrons. The zero-order chi connectivity index (χ0) is 23.2. The molecule has 1 aromatic heterocycles. The van der Waals surface area contributed by atoms with Crippen molar-refractivity contribution in [2.45, 2.75) is 32.2 Å². The van der Waals surface area contributed by atoms with Crippen molar-refractivity contribution in [1.29, 1.82) is 0 Å². The maximum absolute atomic E-state index is 13.6. The number of para-hydroxylation sites is 1. The SMILES string of the molecule is Cc1onc(C(C)C)c1C(=O)N1C[C@H](C(=O)N(C)C)[C@]2(COc3ccccc3C(=O)N2)C1. The van der Waals surface area contributed by atoms with Crippen LogP contribution < -0.4 is 10.1 Å². The van der Waals surface area contributed by atoms with Crippen LogP contribution in [0.25, 0.3) is 0 Å². The summed E-state index contributed by atoms with van der Waals surface area (Å²) in [6, 6.07) is 6.96. The second-order valence-corrected chi connectivity index (χ2v) is 9.02. The molecule has 2 aromatic rings. The highest BCUT2D eigenvalue weighted by atomic mass is 16.5. The van der Waals surface area contributed by atoms with Gasteiger partial charge in [-0.05, 0) is 25.0 Å². The molecule has 9 nitrogen and oxygen atoms in total. The highest BCUT2D eigenvalue weighted by molar-refractivity contribution is 6.00. The lowest BCUT2D eigenvalue weighted by Gasteiger charge is -2.33. The molecule has 0 unspecified atom stereocenters. The lowest BCUT2D eigenvalue weighted by molar-refractivity contribution is -0.134. The molecule has 0 bridgehead atoms. The fourth-order valence-electron chi connectivity index (χ4n) is 4.48. The number of rotatable bonds is 3. The maximum Gasteiger partial charge on any atom is 0.259 e. The summed E-state index contributed by atoms with van der Waals surface area (Å²) in [6.07, 6.45) is 0. The van der Waals surface area contributed by atoms with Crippen LogP contribution in [-0.4, -0.2) is 72.0 Å². The third-order valence-electron chi connectivity index (χ3n) is 6.20. The van der Waals surface area contributed by atoms with Crippen LogP contribution in [0.15, 0.2) is 28.8 Å². The first-order valence-corrected chi connectivity index (χ1v) is 10.7. The Morgan fingerprint density at radius 2 is 2.00 bits per heavy atom. The Morgan fingerprint density at radius 3 is 2.69 bits per heavy atom. The van der Waals surface area contributed by atoms with Gasteiger partial charge in [-0.1, -0.05) is 31.1 Å². The van der Waals surface area contributed by atoms with Crippen LogP contribution in [0.5, 0.6) is 5.75 Å². The number of ether oxygens (including phenoxy) is 1. The summed E-state index contributed by atoms with van der Waals surface area (Å²) in [5.41, 5.74) is 0.341. The number of hydrogen-bond donors (Lipinski definition) is 1. The van der Waals surface area contributed by atoms with Crippen molar-refractivity contribution in [3.8, 4) is 5.75 Å². The number of benzene rings is 1. The number of nitrogens with one attached hydrogen (secondary N) is 1. The highest BCUT2D eigenvalue weighted by Crippen LogP contribution is 2.35. The highest BCUT2D eigenvalue weighted by Gasteiger charge is 2.55. The van der Waals surface area contributed by atoms with Gasteiger partial charge in [-0.15, -0.1) is 0 Å². The van der Waals surface area contributed by atoms with Crippen LogP contribution >= 0.6 is 0 Å². The number of amides is 3. The monoisotopic (exact) mass is 440 g/mol. The Kier molecular flexibility index (Phi) is 5.44. The molecule has 2 aliphatic heterocycles. The second kappa shape index (κ2) is 7.96. The van der Waals surface area contributed by atoms with Gasteiger partial charge in [-0.3, -0.25) is 14.4 Å². The molecule has 4 rings (SSSR count). The van der Waals surface area contributed by atoms with Crippen LogP contribution in [0, 0.1) is 12.8 Å². The zero-order valence-electron chi connectivity index (χ0n) is 19.0. The molecule has 1 spiro atoms. The van der Waals surface area contributed by atoms with Gasteiger partial charge in [0.15, 0.2) is 0 Å². The molecule has 1 aromatic carbocycles. The van der Waals surface area contributed by atoms with Crippen LogP contribution in [0.2, 0.25) is 0 Å². The predicted octanol–water partition coefficient (Wildman–Crippen LogP) is 1.83. The van der Waals surface area contributed by atoms with E-state index in [1.165, 1.54) is 4.90 Å². The van der Waals surface area contributed by atoms with E-state index >= 15 is 0 Å². The Hall–Kier alpha value is -3.36. The minimum Gasteiger partial charge on any atom is -0.490 e. The lowest BCUT2D eigenvalue weighted by Crippen LogP contribution is -2.60. The van der Waals surface area contributed by atoms with E-state index in [2.05, 4.69) is 10.5 Å². The fraction of sp³-hybridized carbons (Fsp3) is 0.478. The Labute approximate surface area is 186 Å². The second-order valence-electron chi connectivity index (χ2n) is 9.02. The van der Waals surface area contributed by atoms with Gasteiger partial charge in [-0.2, -0.15) is 0 Å². The Bertz CT molecular complexity index is 1080. The van der Waals surface area contributed by atoms with E-state index in [4.69, 9.17) is 9.26 Å². The molecule has 3 amide bonds. The van der Waals surface area contributed by atoms with Crippen LogP contribution in [0.4, 0.5) is 0 Å². The van der Waals surface area contributed by atoms with Gasteiger partial charge in [0.05, 0.1) is 17.2 Å². The molecule has 1 N–H and O–H groups in total. The number of nitrogens with zero attached hydrogens (tertiary/aromatic N) is 3. The summed E-state index contributed by atoms with van der Waals surface area (Å²) in [4.78, 5) is 42.8. The molecule has 2 atom stereocenters. The molecule has 1 saturated heterocycles. The fourth-order valence-corrected chi connectivity index (χ4v) is 4.48. The number of aromatic nitrogens is 1. The van der Waals surface area contributed by atoms with Gasteiger partial charge in [0.1, 0.15) is 29.2 Å². The van der Waals surface area contributed by atoms with Crippen molar-refractivity contribution in [1.82, 2.24) is 20.3 Å². The van der Waals surface area contributed by atoms with E-state index in [1.54, 1.807) is 50.2 Å². The van der Waals surface area contributed by atoms with Gasteiger partial charge in [0.2, 0.25) is 5.91 Å². The molecule has 3 heterocycles. The molecule has 1 fully saturated rings. The summed E-state index contributed by atoms with van der Waals surface area (Å²) < 4.78 is 11.3. The molecule has 2 aliphatic rings. The van der Waals surface area contributed by atoms with Crippen molar-refractivity contribution in [2.75, 3.05) is 33.8 Å². The van der Waals surface area contributed by atoms with Crippen molar-refractivity contribution >= 4 is 17.7 Å². The third-order valence-corrected chi connectivity index (χ3v) is 6.20. The number of carbonyl (C=O) groups excluding carboxylic acids is 3. The first-order valence-electron chi connectivity index (χ1n) is 10.7. The van der Waals surface area contributed by atoms with Crippen LogP contribution in [0.3, 0.4) is 0 Å². The normalized spacial score (nSPS) is 22.4. The largest absolute Gasteiger partial charge is 0.490 e. The summed E-state index contributed by atoms with van der Waals surface area (Å²) in [6.45, 7) is 5.94. The van der Waals surface area contributed by atoms with E-state index in [1.807, 2.05) is 13.8 Å². The first kappa shape index (κ1) is 21.9. The zero-order valence-corrected chi connectivity index (χ0v) is 19.0. The number of carbonyl (C=O) groups is 3. The summed E-state index contributed by atoms with van der Waals surface area (Å²) in [5.74, 6) is -0.547. The van der Waals surface area contributed by atoms with Gasteiger partial charge in [0.25, 0.3) is 11.8 Å². The third kappa shape index (κ3) is 3.51. The number of hydrogen-bond acceptors (Lipinski definition) is 6. The van der Waals surface area contributed by atoms with E-state index in [0.29, 0.717) is 28.3 Å². The van der Waals surface area contributed by atoms with Gasteiger partial charge in [-0.25, -0.2) is 0 Å². The van der Waals surface area contributed by atoms with Crippen LogP contribution in [0.1, 0.15) is 51.9 Å². The number of likely N-dealkylation sites (tertiary alicyclic amines) is 1. The van der Waals surface area contributed by atoms with E-state index < -0.39 is 11.5 Å². The standard InChI is InChI=1S/C23H28N4O5/c1-13(2)19-18(14(3)32-25-19)22(30)27-10-16(21(29)26(4)5)23(11-27)12-31-17-9-7-6-8-15(17)20(28)24-23/h6-9,13,16H,10-12H2,1-5H3,(H,24,28)/t16-,23-/m1/s1. The summed E-state index contributed by atoms with van der Waals surface area (Å²) >= 11 is 0. The van der Waals surface area contributed by atoms with Crippen molar-refractivity contribution in [3.63, 3.8) is 0 Å². The maximum atomic E-state index is 13.6. The summed E-state index contributed by atoms with van der Waals surface area (Å²) in [7, 11) is 3.32. The van der Waals surface area contributed by atoms with Gasteiger partial charge in [0, 0.05) is 27.2 Å². The molecule has 9 heteroatoms. The first-order chi connectivity index (χ1) is 15.1. The molecular formula is C23H28N4O5. The average Bonchev–Trinajstić information content (AvgIpc) is 3.28. The molecule has 0 saturated carbocycles. The molecule has 0 radical (unpaired) electrons. The quantitative estimate of drug-likeness (QED) is 0.781. The van der Waals surface area contributed by atoms with Gasteiger partial charge < -0.3 is 24.4 Å². The van der Waals surface area contributed by atoms with Crippen LogP contribution in [-0.2, 0) is 4.79 Å². The number of fused-ring (bicyclic) bond motifs is 1. The van der Waals surface area contributed by atoms with Crippen molar-refractivity contribution in [3.05, 3.63) is 46.8 Å². The smallest absolute Gasteiger partial charge is 0.259 e. The van der Waals surface area contributed by atoms with E-state index in [-0.39, 0.29) is 43.3 Å². The average molecular weight is 441 g/mol. The van der Waals surface area contributed by atoms with E-state index in [9.17, 15) is 14.4 Å². The molecule has 32 heavy (non-hydrogen) atoms. The molecular weight excluding hydrogens is 412 g/mol. The molecule has 0 aliphatic carbocycles. The minimum absolute atomic E-state index is 0.00224. The number of aryl methyl sites for hydroxylation is 1. The minimum atomic E-state index is -1.06.